The quantitative estimate of drug-likeness (QED) is 0.869. The highest BCUT2D eigenvalue weighted by Gasteiger charge is 2.15. The lowest BCUT2D eigenvalue weighted by Gasteiger charge is -2.14. The molecule has 6 nitrogen and oxygen atoms in total. The Labute approximate surface area is 127 Å². The van der Waals surface area contributed by atoms with Gasteiger partial charge in [0.05, 0.1) is 10.9 Å². The summed E-state index contributed by atoms with van der Waals surface area (Å²) in [7, 11) is 3.20. The summed E-state index contributed by atoms with van der Waals surface area (Å²) in [4.78, 5) is 12.1. The smallest absolute Gasteiger partial charge is 0.270 e. The number of aryl methyl sites for hydroxylation is 1. The van der Waals surface area contributed by atoms with Crippen LogP contribution in [0.5, 0.6) is 0 Å². The van der Waals surface area contributed by atoms with Crippen LogP contribution in [0.4, 0.5) is 0 Å². The third kappa shape index (κ3) is 3.62. The van der Waals surface area contributed by atoms with Crippen molar-refractivity contribution >= 4 is 25.6 Å². The van der Waals surface area contributed by atoms with Crippen molar-refractivity contribution in [3.63, 3.8) is 0 Å². The van der Waals surface area contributed by atoms with Gasteiger partial charge in [-0.25, -0.2) is 8.42 Å². The number of aromatic nitrogens is 2. The van der Waals surface area contributed by atoms with E-state index in [0.717, 1.165) is 5.56 Å². The lowest BCUT2D eigenvalue weighted by Crippen LogP contribution is -2.28. The van der Waals surface area contributed by atoms with Gasteiger partial charge in [0.25, 0.3) is 15.0 Å². The maximum Gasteiger partial charge on any atom is 0.270 e. The second-order valence-corrected chi connectivity index (χ2v) is 7.11. The molecule has 0 spiro atoms. The van der Waals surface area contributed by atoms with Crippen LogP contribution < -0.4 is 5.32 Å². The van der Waals surface area contributed by atoms with E-state index < -0.39 is 9.05 Å². The van der Waals surface area contributed by atoms with Crippen LogP contribution in [0, 0.1) is 0 Å². The minimum absolute atomic E-state index is 0.0260. The lowest BCUT2D eigenvalue weighted by molar-refractivity contribution is 0.0930. The Bertz CT molecular complexity index is 753. The Morgan fingerprint density at radius 1 is 1.29 bits per heavy atom. The van der Waals surface area contributed by atoms with Crippen molar-refractivity contribution in [2.24, 2.45) is 7.05 Å². The Balaban J connectivity index is 2.12. The zero-order valence-corrected chi connectivity index (χ0v) is 13.0. The molecular formula is C13H14ClN3O3S. The van der Waals surface area contributed by atoms with E-state index in [4.69, 9.17) is 10.7 Å². The Morgan fingerprint density at radius 3 is 2.38 bits per heavy atom. The van der Waals surface area contributed by atoms with E-state index in [1.165, 1.54) is 16.8 Å². The average molecular weight is 328 g/mol. The minimum Gasteiger partial charge on any atom is -0.344 e. The van der Waals surface area contributed by atoms with E-state index >= 15 is 0 Å². The first-order valence-corrected chi connectivity index (χ1v) is 8.43. The summed E-state index contributed by atoms with van der Waals surface area (Å²) in [6, 6.07) is 7.38. The van der Waals surface area contributed by atoms with Crippen molar-refractivity contribution in [1.29, 1.82) is 0 Å². The number of rotatable bonds is 4. The fourth-order valence-electron chi connectivity index (χ4n) is 1.87. The largest absolute Gasteiger partial charge is 0.344 e. The summed E-state index contributed by atoms with van der Waals surface area (Å²) in [6.07, 6.45) is 1.54. The van der Waals surface area contributed by atoms with Gasteiger partial charge in [-0.3, -0.25) is 9.48 Å². The van der Waals surface area contributed by atoms with Crippen LogP contribution in [0.3, 0.4) is 0 Å². The Hall–Kier alpha value is -1.86. The SMILES string of the molecule is CC(NC(=O)c1ccnn1C)c1ccc(S(=O)(=O)Cl)cc1. The maximum atomic E-state index is 12.0. The first kappa shape index (κ1) is 15.5. The molecule has 0 saturated heterocycles. The van der Waals surface area contributed by atoms with Gasteiger partial charge in [0.2, 0.25) is 0 Å². The topological polar surface area (TPSA) is 81.1 Å². The first-order chi connectivity index (χ1) is 9.79. The second kappa shape index (κ2) is 5.87. The van der Waals surface area contributed by atoms with E-state index in [2.05, 4.69) is 10.4 Å². The molecule has 1 atom stereocenters. The van der Waals surface area contributed by atoms with Crippen LogP contribution in [0.15, 0.2) is 41.4 Å². The summed E-state index contributed by atoms with van der Waals surface area (Å²) in [5, 5.41) is 6.75. The van der Waals surface area contributed by atoms with E-state index in [-0.39, 0.29) is 16.8 Å². The predicted octanol–water partition coefficient (Wildman–Crippen LogP) is 1.84. The van der Waals surface area contributed by atoms with Gasteiger partial charge in [-0.2, -0.15) is 5.10 Å². The van der Waals surface area contributed by atoms with Crippen molar-refractivity contribution in [2.45, 2.75) is 17.9 Å². The molecule has 1 heterocycles. The standard InChI is InChI=1S/C13H14ClN3O3S/c1-9(16-13(18)12-7-8-15-17(12)2)10-3-5-11(6-4-10)21(14,19)20/h3-9H,1-2H3,(H,16,18). The van der Waals surface area contributed by atoms with Gasteiger partial charge in [0.15, 0.2) is 0 Å². The van der Waals surface area contributed by atoms with Crippen LogP contribution in [-0.4, -0.2) is 24.1 Å². The van der Waals surface area contributed by atoms with Crippen LogP contribution in [0.25, 0.3) is 0 Å². The molecule has 112 valence electrons. The van der Waals surface area contributed by atoms with Crippen molar-refractivity contribution in [3.05, 3.63) is 47.8 Å². The van der Waals surface area contributed by atoms with Gasteiger partial charge in [0, 0.05) is 23.9 Å². The van der Waals surface area contributed by atoms with Crippen LogP contribution in [0.2, 0.25) is 0 Å². The molecule has 0 aliphatic carbocycles. The van der Waals surface area contributed by atoms with Crippen LogP contribution >= 0.6 is 10.7 Å². The number of nitrogens with zero attached hydrogens (tertiary/aromatic N) is 2. The number of nitrogens with one attached hydrogen (secondary N) is 1. The zero-order chi connectivity index (χ0) is 15.6. The third-order valence-electron chi connectivity index (χ3n) is 3.06. The highest BCUT2D eigenvalue weighted by molar-refractivity contribution is 8.13. The van der Waals surface area contributed by atoms with Crippen molar-refractivity contribution in [3.8, 4) is 0 Å². The lowest BCUT2D eigenvalue weighted by atomic mass is 10.1. The number of hydrogen-bond donors (Lipinski definition) is 1. The van der Waals surface area contributed by atoms with Gasteiger partial charge in [-0.15, -0.1) is 0 Å². The molecule has 2 rings (SSSR count). The Kier molecular flexibility index (Phi) is 4.34. The van der Waals surface area contributed by atoms with Crippen LogP contribution in [-0.2, 0) is 16.1 Å². The molecule has 1 amide bonds. The van der Waals surface area contributed by atoms with E-state index in [1.54, 1.807) is 38.4 Å². The number of halogens is 1. The van der Waals surface area contributed by atoms with Gasteiger partial charge >= 0.3 is 0 Å². The highest BCUT2D eigenvalue weighted by atomic mass is 35.7. The average Bonchev–Trinajstić information content (AvgIpc) is 2.84. The van der Waals surface area contributed by atoms with Gasteiger partial charge < -0.3 is 5.32 Å². The van der Waals surface area contributed by atoms with Crippen molar-refractivity contribution < 1.29 is 13.2 Å². The normalized spacial score (nSPS) is 12.9. The number of carbonyl (C=O) groups excluding carboxylic acids is 1. The van der Waals surface area contributed by atoms with Gasteiger partial charge in [0.1, 0.15) is 5.69 Å². The van der Waals surface area contributed by atoms with Crippen LogP contribution in [0.1, 0.15) is 29.0 Å². The molecule has 0 bridgehead atoms. The summed E-state index contributed by atoms with van der Waals surface area (Å²) in [5.41, 5.74) is 1.22. The maximum absolute atomic E-state index is 12.0. The molecule has 0 aliphatic rings. The monoisotopic (exact) mass is 327 g/mol. The zero-order valence-electron chi connectivity index (χ0n) is 11.4. The molecule has 1 aromatic carbocycles. The van der Waals surface area contributed by atoms with E-state index in [1.807, 2.05) is 0 Å². The predicted molar refractivity (Wildman–Crippen MR) is 78.6 cm³/mol. The molecule has 1 unspecified atom stereocenters. The number of benzene rings is 1. The second-order valence-electron chi connectivity index (χ2n) is 4.54. The minimum atomic E-state index is -3.74. The highest BCUT2D eigenvalue weighted by Crippen LogP contribution is 2.19. The molecule has 2 aromatic rings. The molecule has 0 saturated carbocycles. The number of carbonyl (C=O) groups is 1. The summed E-state index contributed by atoms with van der Waals surface area (Å²) in [5.74, 6) is -0.253. The molecule has 0 radical (unpaired) electrons. The fourth-order valence-corrected chi connectivity index (χ4v) is 2.64. The molecule has 0 aliphatic heterocycles. The van der Waals surface area contributed by atoms with Crippen molar-refractivity contribution in [2.75, 3.05) is 0 Å². The molecular weight excluding hydrogens is 314 g/mol. The van der Waals surface area contributed by atoms with Gasteiger partial charge in [-0.05, 0) is 30.7 Å². The van der Waals surface area contributed by atoms with Crippen molar-refractivity contribution in [1.82, 2.24) is 15.1 Å². The fraction of sp³-hybridized carbons (Fsp3) is 0.231. The number of amides is 1. The third-order valence-corrected chi connectivity index (χ3v) is 4.43. The van der Waals surface area contributed by atoms with E-state index in [0.29, 0.717) is 5.69 Å². The summed E-state index contributed by atoms with van der Waals surface area (Å²) < 4.78 is 23.8. The number of hydrogen-bond acceptors (Lipinski definition) is 4. The molecule has 1 N–H and O–H groups in total. The summed E-state index contributed by atoms with van der Waals surface area (Å²) in [6.45, 7) is 1.80. The van der Waals surface area contributed by atoms with Gasteiger partial charge in [-0.1, -0.05) is 12.1 Å². The first-order valence-electron chi connectivity index (χ1n) is 6.12. The molecule has 21 heavy (non-hydrogen) atoms. The molecule has 0 fully saturated rings. The molecule has 8 heteroatoms. The Morgan fingerprint density at radius 2 is 1.90 bits per heavy atom. The molecule has 1 aromatic heterocycles. The van der Waals surface area contributed by atoms with E-state index in [9.17, 15) is 13.2 Å². The summed E-state index contributed by atoms with van der Waals surface area (Å²) >= 11 is 0.